The van der Waals surface area contributed by atoms with E-state index in [1.165, 1.54) is 7.11 Å². The predicted octanol–water partition coefficient (Wildman–Crippen LogP) is 3.22. The lowest BCUT2D eigenvalue weighted by molar-refractivity contribution is 0.102. The average Bonchev–Trinajstić information content (AvgIpc) is 2.70. The Morgan fingerprint density at radius 2 is 2.00 bits per heavy atom. The number of methoxy groups -OCH3 is 2. The molecule has 1 N–H and O–H groups in total. The molecule has 1 aromatic heterocycles. The van der Waals surface area contributed by atoms with Gasteiger partial charge < -0.3 is 19.4 Å². The number of carbonyl (C=O) groups is 1. The van der Waals surface area contributed by atoms with Crippen LogP contribution in [-0.2, 0) is 13.0 Å². The highest BCUT2D eigenvalue weighted by atomic mass is 16.5. The minimum Gasteiger partial charge on any atom is -0.497 e. The van der Waals surface area contributed by atoms with Gasteiger partial charge in [0.25, 0.3) is 5.91 Å². The number of aryl methyl sites for hydroxylation is 2. The highest BCUT2D eigenvalue weighted by molar-refractivity contribution is 6.06. The molecule has 0 aliphatic carbocycles. The number of hydrogen-bond acceptors (Lipinski definition) is 4. The number of carbonyl (C=O) groups excluding carboxylic acids is 1. The number of hydrogen-bond donors (Lipinski definition) is 1. The molecule has 0 spiro atoms. The lowest BCUT2D eigenvalue weighted by Crippen LogP contribution is -2.25. The molecule has 3 aromatic rings. The van der Waals surface area contributed by atoms with Gasteiger partial charge in [0.1, 0.15) is 17.1 Å². The third-order valence-corrected chi connectivity index (χ3v) is 4.93. The standard InChI is InChI=1S/C21H20N2O4/c1-26-14-8-9-17(18(11-14)27-2)22-21(25)16-12-23-10-4-6-13-5-3-7-15(19(13)23)20(16)24/h3,5,7-9,11-12H,4,6,10H2,1-2H3,(H,22,25). The molecular formula is C21H20N2O4. The molecule has 6 heteroatoms. The Morgan fingerprint density at radius 3 is 2.78 bits per heavy atom. The number of para-hydroxylation sites is 1. The number of ether oxygens (including phenoxy) is 2. The Balaban J connectivity index is 1.76. The van der Waals surface area contributed by atoms with Gasteiger partial charge in [-0.15, -0.1) is 0 Å². The topological polar surface area (TPSA) is 69.6 Å². The molecule has 0 radical (unpaired) electrons. The molecule has 0 saturated carbocycles. The lowest BCUT2D eigenvalue weighted by Gasteiger charge is -2.20. The van der Waals surface area contributed by atoms with Crippen LogP contribution in [0, 0.1) is 0 Å². The van der Waals surface area contributed by atoms with Crippen LogP contribution in [0.4, 0.5) is 5.69 Å². The Bertz CT molecular complexity index is 1100. The molecule has 2 aromatic carbocycles. The molecule has 138 valence electrons. The summed E-state index contributed by atoms with van der Waals surface area (Å²) in [5, 5.41) is 3.37. The molecule has 0 unspecified atom stereocenters. The van der Waals surface area contributed by atoms with Gasteiger partial charge in [-0.1, -0.05) is 12.1 Å². The summed E-state index contributed by atoms with van der Waals surface area (Å²) in [6.07, 6.45) is 3.60. The van der Waals surface area contributed by atoms with Gasteiger partial charge in [0.2, 0.25) is 5.43 Å². The van der Waals surface area contributed by atoms with Gasteiger partial charge in [0.15, 0.2) is 0 Å². The summed E-state index contributed by atoms with van der Waals surface area (Å²) in [6, 6.07) is 10.8. The monoisotopic (exact) mass is 364 g/mol. The quantitative estimate of drug-likeness (QED) is 0.772. The number of rotatable bonds is 4. The Hall–Kier alpha value is -3.28. The zero-order chi connectivity index (χ0) is 19.0. The molecule has 4 rings (SSSR count). The van der Waals surface area contributed by atoms with E-state index in [2.05, 4.69) is 5.32 Å². The summed E-state index contributed by atoms with van der Waals surface area (Å²) in [6.45, 7) is 0.792. The fourth-order valence-electron chi connectivity index (χ4n) is 3.61. The Kier molecular flexibility index (Phi) is 4.32. The third kappa shape index (κ3) is 2.93. The minimum absolute atomic E-state index is 0.124. The van der Waals surface area contributed by atoms with Crippen molar-refractivity contribution < 1.29 is 14.3 Å². The van der Waals surface area contributed by atoms with Crippen molar-refractivity contribution in [3.8, 4) is 11.5 Å². The first-order chi connectivity index (χ1) is 13.1. The van der Waals surface area contributed by atoms with Crippen molar-refractivity contribution in [2.45, 2.75) is 19.4 Å². The average molecular weight is 364 g/mol. The molecule has 1 aliphatic heterocycles. The van der Waals surface area contributed by atoms with E-state index in [1.807, 2.05) is 16.7 Å². The van der Waals surface area contributed by atoms with Crippen LogP contribution >= 0.6 is 0 Å². The smallest absolute Gasteiger partial charge is 0.261 e. The Labute approximate surface area is 156 Å². The first kappa shape index (κ1) is 17.1. The van der Waals surface area contributed by atoms with E-state index in [0.717, 1.165) is 30.5 Å². The predicted molar refractivity (Wildman–Crippen MR) is 104 cm³/mol. The number of amides is 1. The first-order valence-electron chi connectivity index (χ1n) is 8.81. The molecule has 0 atom stereocenters. The van der Waals surface area contributed by atoms with Crippen molar-refractivity contribution in [3.63, 3.8) is 0 Å². The molecule has 1 aliphatic rings. The Morgan fingerprint density at radius 1 is 1.15 bits per heavy atom. The number of nitrogens with zero attached hydrogens (tertiary/aromatic N) is 1. The lowest BCUT2D eigenvalue weighted by atomic mass is 9.99. The van der Waals surface area contributed by atoms with Crippen LogP contribution in [0.5, 0.6) is 11.5 Å². The van der Waals surface area contributed by atoms with Gasteiger partial charge in [-0.05, 0) is 36.6 Å². The maximum Gasteiger partial charge on any atom is 0.261 e. The second-order valence-corrected chi connectivity index (χ2v) is 6.50. The van der Waals surface area contributed by atoms with Gasteiger partial charge in [-0.3, -0.25) is 9.59 Å². The van der Waals surface area contributed by atoms with Crippen LogP contribution in [0.2, 0.25) is 0 Å². The van der Waals surface area contributed by atoms with Crippen molar-refractivity contribution in [3.05, 3.63) is 63.9 Å². The molecule has 0 fully saturated rings. The van der Waals surface area contributed by atoms with Gasteiger partial charge in [0, 0.05) is 24.2 Å². The van der Waals surface area contributed by atoms with Crippen LogP contribution in [0.15, 0.2) is 47.4 Å². The summed E-state index contributed by atoms with van der Waals surface area (Å²) < 4.78 is 12.5. The molecule has 6 nitrogen and oxygen atoms in total. The van der Waals surface area contributed by atoms with Crippen molar-refractivity contribution in [1.29, 1.82) is 0 Å². The third-order valence-electron chi connectivity index (χ3n) is 4.93. The molecule has 0 bridgehead atoms. The van der Waals surface area contributed by atoms with Crippen molar-refractivity contribution in [1.82, 2.24) is 4.57 Å². The summed E-state index contributed by atoms with van der Waals surface area (Å²) in [7, 11) is 3.07. The molecule has 2 heterocycles. The number of benzene rings is 2. The number of anilines is 1. The minimum atomic E-state index is -0.454. The van der Waals surface area contributed by atoms with Gasteiger partial charge in [-0.2, -0.15) is 0 Å². The molecular weight excluding hydrogens is 344 g/mol. The fourth-order valence-corrected chi connectivity index (χ4v) is 3.61. The largest absolute Gasteiger partial charge is 0.497 e. The van der Waals surface area contributed by atoms with Crippen LogP contribution in [0.3, 0.4) is 0 Å². The van der Waals surface area contributed by atoms with E-state index in [9.17, 15) is 9.59 Å². The van der Waals surface area contributed by atoms with Crippen molar-refractivity contribution in [2.24, 2.45) is 0 Å². The normalized spacial score (nSPS) is 12.7. The molecule has 27 heavy (non-hydrogen) atoms. The van der Waals surface area contributed by atoms with E-state index < -0.39 is 5.91 Å². The van der Waals surface area contributed by atoms with E-state index in [-0.39, 0.29) is 11.0 Å². The number of aromatic nitrogens is 1. The summed E-state index contributed by atoms with van der Waals surface area (Å²) in [4.78, 5) is 25.8. The highest BCUT2D eigenvalue weighted by Crippen LogP contribution is 2.29. The van der Waals surface area contributed by atoms with Crippen LogP contribution in [0.1, 0.15) is 22.3 Å². The van der Waals surface area contributed by atoms with E-state index >= 15 is 0 Å². The fraction of sp³-hybridized carbons (Fsp3) is 0.238. The van der Waals surface area contributed by atoms with Crippen LogP contribution < -0.4 is 20.2 Å². The summed E-state index contributed by atoms with van der Waals surface area (Å²) in [5.41, 5.74) is 2.44. The highest BCUT2D eigenvalue weighted by Gasteiger charge is 2.20. The molecule has 0 saturated heterocycles. The van der Waals surface area contributed by atoms with E-state index in [4.69, 9.17) is 9.47 Å². The maximum atomic E-state index is 12.9. The van der Waals surface area contributed by atoms with E-state index in [1.54, 1.807) is 37.6 Å². The second-order valence-electron chi connectivity index (χ2n) is 6.50. The number of pyridine rings is 1. The van der Waals surface area contributed by atoms with Gasteiger partial charge in [0.05, 0.1) is 25.4 Å². The molecule has 1 amide bonds. The van der Waals surface area contributed by atoms with Crippen LogP contribution in [0.25, 0.3) is 10.9 Å². The summed E-state index contributed by atoms with van der Waals surface area (Å²) in [5.74, 6) is 0.630. The first-order valence-corrected chi connectivity index (χ1v) is 8.81. The zero-order valence-electron chi connectivity index (χ0n) is 15.2. The SMILES string of the molecule is COc1ccc(NC(=O)c2cn3c4c(cccc4c2=O)CCC3)c(OC)c1. The van der Waals surface area contributed by atoms with Crippen molar-refractivity contribution >= 4 is 22.5 Å². The maximum absolute atomic E-state index is 12.9. The second kappa shape index (κ2) is 6.79. The summed E-state index contributed by atoms with van der Waals surface area (Å²) >= 11 is 0. The number of nitrogens with one attached hydrogen (secondary N) is 1. The van der Waals surface area contributed by atoms with Crippen molar-refractivity contribution in [2.75, 3.05) is 19.5 Å². The van der Waals surface area contributed by atoms with Gasteiger partial charge in [-0.25, -0.2) is 0 Å². The zero-order valence-corrected chi connectivity index (χ0v) is 15.2. The van der Waals surface area contributed by atoms with Gasteiger partial charge >= 0.3 is 0 Å². The van der Waals surface area contributed by atoms with Crippen LogP contribution in [-0.4, -0.2) is 24.7 Å². The van der Waals surface area contributed by atoms with E-state index in [0.29, 0.717) is 22.6 Å².